The van der Waals surface area contributed by atoms with Gasteiger partial charge in [-0.1, -0.05) is 6.07 Å². The van der Waals surface area contributed by atoms with Gasteiger partial charge in [0.1, 0.15) is 11.6 Å². The maximum atomic E-state index is 11.9. The minimum Gasteiger partial charge on any atom is -0.508 e. The molecule has 17 heavy (non-hydrogen) atoms. The van der Waals surface area contributed by atoms with E-state index in [0.717, 1.165) is 0 Å². The van der Waals surface area contributed by atoms with Gasteiger partial charge in [-0.15, -0.1) is 0 Å². The molecule has 0 spiro atoms. The van der Waals surface area contributed by atoms with Crippen LogP contribution in [0, 0.1) is 0 Å². The number of anilines is 1. The Hall–Kier alpha value is -2.08. The zero-order valence-corrected chi connectivity index (χ0v) is 9.55. The summed E-state index contributed by atoms with van der Waals surface area (Å²) in [6.07, 6.45) is 1.49. The zero-order valence-electron chi connectivity index (χ0n) is 8.74. The van der Waals surface area contributed by atoms with Crippen molar-refractivity contribution in [3.63, 3.8) is 0 Å². The predicted octanol–water partition coefficient (Wildman–Crippen LogP) is 1.59. The van der Waals surface area contributed by atoms with Crippen LogP contribution in [-0.4, -0.2) is 18.5 Å². The lowest BCUT2D eigenvalue weighted by Crippen LogP contribution is -2.13. The Bertz CT molecular complexity index is 594. The Morgan fingerprint density at radius 2 is 1.76 bits per heavy atom. The van der Waals surface area contributed by atoms with Crippen LogP contribution in [-0.2, 0) is 10.0 Å². The maximum absolute atomic E-state index is 11.9. The predicted molar refractivity (Wildman–Crippen MR) is 63.2 cm³/mol. The molecule has 88 valence electrons. The molecule has 0 fully saturated rings. The Kier molecular flexibility index (Phi) is 2.97. The number of benzene rings is 1. The number of nitrogens with one attached hydrogen (secondary N) is 1. The summed E-state index contributed by atoms with van der Waals surface area (Å²) in [4.78, 5) is 3.94. The standard InChI is InChI=1S/C11H10N2O3S/c14-9-4-6-10(7-5-9)17(15,16)13-11-3-1-2-8-12-11/h1-8,14H,(H,12,13). The van der Waals surface area contributed by atoms with E-state index in [1.54, 1.807) is 18.2 Å². The van der Waals surface area contributed by atoms with E-state index in [9.17, 15) is 8.42 Å². The van der Waals surface area contributed by atoms with Gasteiger partial charge in [-0.25, -0.2) is 13.4 Å². The average molecular weight is 250 g/mol. The quantitative estimate of drug-likeness (QED) is 0.867. The molecule has 0 aliphatic carbocycles. The van der Waals surface area contributed by atoms with E-state index in [4.69, 9.17) is 5.11 Å². The Morgan fingerprint density at radius 1 is 1.06 bits per heavy atom. The molecule has 0 saturated carbocycles. The second-order valence-corrected chi connectivity index (χ2v) is 5.00. The SMILES string of the molecule is O=S(=O)(Nc1ccccn1)c1ccc(O)cc1. The van der Waals surface area contributed by atoms with Gasteiger partial charge in [0.05, 0.1) is 4.90 Å². The molecule has 2 aromatic rings. The summed E-state index contributed by atoms with van der Waals surface area (Å²) >= 11 is 0. The highest BCUT2D eigenvalue weighted by Gasteiger charge is 2.14. The van der Waals surface area contributed by atoms with Crippen molar-refractivity contribution < 1.29 is 13.5 Å². The number of nitrogens with zero attached hydrogens (tertiary/aromatic N) is 1. The van der Waals surface area contributed by atoms with E-state index in [1.165, 1.54) is 30.5 Å². The molecule has 0 bridgehead atoms. The molecule has 0 saturated heterocycles. The summed E-state index contributed by atoms with van der Waals surface area (Å²) in [6.45, 7) is 0. The maximum Gasteiger partial charge on any atom is 0.263 e. The van der Waals surface area contributed by atoms with Crippen LogP contribution in [0.1, 0.15) is 0 Å². The third kappa shape index (κ3) is 2.73. The lowest BCUT2D eigenvalue weighted by atomic mass is 10.3. The monoisotopic (exact) mass is 250 g/mol. The number of pyridine rings is 1. The molecule has 0 aliphatic rings. The molecule has 1 heterocycles. The molecule has 0 aliphatic heterocycles. The van der Waals surface area contributed by atoms with Gasteiger partial charge >= 0.3 is 0 Å². The van der Waals surface area contributed by atoms with Crippen molar-refractivity contribution in [3.8, 4) is 5.75 Å². The average Bonchev–Trinajstić information content (AvgIpc) is 2.30. The van der Waals surface area contributed by atoms with Crippen LogP contribution in [0.5, 0.6) is 5.75 Å². The summed E-state index contributed by atoms with van der Waals surface area (Å²) in [5.41, 5.74) is 0. The smallest absolute Gasteiger partial charge is 0.263 e. The number of rotatable bonds is 3. The molecule has 2 N–H and O–H groups in total. The van der Waals surface area contributed by atoms with E-state index in [-0.39, 0.29) is 16.5 Å². The van der Waals surface area contributed by atoms with Gasteiger partial charge in [-0.3, -0.25) is 4.72 Å². The van der Waals surface area contributed by atoms with Crippen molar-refractivity contribution in [2.75, 3.05) is 4.72 Å². The number of phenols is 1. The lowest BCUT2D eigenvalue weighted by molar-refractivity contribution is 0.475. The van der Waals surface area contributed by atoms with Gasteiger partial charge in [-0.05, 0) is 36.4 Å². The molecule has 0 amide bonds. The van der Waals surface area contributed by atoms with Crippen LogP contribution in [0.2, 0.25) is 0 Å². The van der Waals surface area contributed by atoms with E-state index in [2.05, 4.69) is 9.71 Å². The summed E-state index contributed by atoms with van der Waals surface area (Å²) in [7, 11) is -3.65. The summed E-state index contributed by atoms with van der Waals surface area (Å²) < 4.78 is 26.1. The Labute approximate surface area is 98.8 Å². The van der Waals surface area contributed by atoms with Gasteiger partial charge in [0.2, 0.25) is 0 Å². The van der Waals surface area contributed by atoms with E-state index >= 15 is 0 Å². The summed E-state index contributed by atoms with van der Waals surface area (Å²) in [5.74, 6) is 0.266. The number of aromatic hydroxyl groups is 1. The van der Waals surface area contributed by atoms with Crippen molar-refractivity contribution >= 4 is 15.8 Å². The molecular formula is C11H10N2O3S. The third-order valence-corrected chi connectivity index (χ3v) is 3.42. The number of phenolic OH excluding ortho intramolecular Hbond substituents is 1. The van der Waals surface area contributed by atoms with Crippen molar-refractivity contribution in [1.82, 2.24) is 4.98 Å². The molecule has 1 aromatic carbocycles. The molecular weight excluding hydrogens is 240 g/mol. The molecule has 5 nitrogen and oxygen atoms in total. The van der Waals surface area contributed by atoms with Gasteiger partial charge < -0.3 is 5.11 Å². The van der Waals surface area contributed by atoms with Crippen LogP contribution in [0.4, 0.5) is 5.82 Å². The molecule has 6 heteroatoms. The van der Waals surface area contributed by atoms with Crippen LogP contribution < -0.4 is 4.72 Å². The minimum absolute atomic E-state index is 0.0155. The largest absolute Gasteiger partial charge is 0.508 e. The highest BCUT2D eigenvalue weighted by molar-refractivity contribution is 7.92. The molecule has 0 unspecified atom stereocenters. The van der Waals surface area contributed by atoms with Gasteiger partial charge in [-0.2, -0.15) is 0 Å². The first-order valence-electron chi connectivity index (χ1n) is 4.81. The van der Waals surface area contributed by atoms with E-state index in [0.29, 0.717) is 0 Å². The fraction of sp³-hybridized carbons (Fsp3) is 0. The number of hydrogen-bond acceptors (Lipinski definition) is 4. The fourth-order valence-corrected chi connectivity index (χ4v) is 2.25. The Balaban J connectivity index is 2.29. The highest BCUT2D eigenvalue weighted by Crippen LogP contribution is 2.16. The van der Waals surface area contributed by atoms with Crippen LogP contribution in [0.25, 0.3) is 0 Å². The first-order valence-corrected chi connectivity index (χ1v) is 6.29. The Morgan fingerprint density at radius 3 is 2.35 bits per heavy atom. The van der Waals surface area contributed by atoms with Gasteiger partial charge in [0.15, 0.2) is 0 Å². The first kappa shape index (κ1) is 11.4. The number of sulfonamides is 1. The minimum atomic E-state index is -3.65. The van der Waals surface area contributed by atoms with Crippen molar-refractivity contribution in [1.29, 1.82) is 0 Å². The third-order valence-electron chi connectivity index (χ3n) is 2.05. The normalized spacial score (nSPS) is 11.1. The van der Waals surface area contributed by atoms with Crippen molar-refractivity contribution in [2.24, 2.45) is 0 Å². The molecule has 2 rings (SSSR count). The number of hydrogen-bond donors (Lipinski definition) is 2. The summed E-state index contributed by atoms with van der Waals surface area (Å²) in [6, 6.07) is 10.2. The molecule has 0 atom stereocenters. The highest BCUT2D eigenvalue weighted by atomic mass is 32.2. The second-order valence-electron chi connectivity index (χ2n) is 3.31. The van der Waals surface area contributed by atoms with Gasteiger partial charge in [0, 0.05) is 6.20 Å². The van der Waals surface area contributed by atoms with Crippen LogP contribution in [0.3, 0.4) is 0 Å². The second kappa shape index (κ2) is 4.42. The van der Waals surface area contributed by atoms with Crippen LogP contribution >= 0.6 is 0 Å². The topological polar surface area (TPSA) is 79.3 Å². The lowest BCUT2D eigenvalue weighted by Gasteiger charge is -2.06. The van der Waals surface area contributed by atoms with Gasteiger partial charge in [0.25, 0.3) is 10.0 Å². The summed E-state index contributed by atoms with van der Waals surface area (Å²) in [5, 5.41) is 9.08. The van der Waals surface area contributed by atoms with Crippen LogP contribution in [0.15, 0.2) is 53.6 Å². The van der Waals surface area contributed by atoms with Crippen molar-refractivity contribution in [3.05, 3.63) is 48.7 Å². The molecule has 1 aromatic heterocycles. The van der Waals surface area contributed by atoms with E-state index in [1.807, 2.05) is 0 Å². The van der Waals surface area contributed by atoms with Crippen molar-refractivity contribution in [2.45, 2.75) is 4.90 Å². The fourth-order valence-electron chi connectivity index (χ4n) is 1.25. The van der Waals surface area contributed by atoms with E-state index < -0.39 is 10.0 Å². The molecule has 0 radical (unpaired) electrons. The number of aromatic nitrogens is 1. The zero-order chi connectivity index (χ0) is 12.3. The first-order chi connectivity index (χ1) is 8.08.